The van der Waals surface area contributed by atoms with Gasteiger partial charge in [-0.05, 0) is 34.1 Å². The van der Waals surface area contributed by atoms with Crippen molar-refractivity contribution in [1.82, 2.24) is 0 Å². The SMILES string of the molecule is CC(C)(O)CCOCCOC(C)(C)S(=O)(=O)O. The summed E-state index contributed by atoms with van der Waals surface area (Å²) >= 11 is 0. The predicted molar refractivity (Wildman–Crippen MR) is 63.3 cm³/mol. The summed E-state index contributed by atoms with van der Waals surface area (Å²) in [6.07, 6.45) is 0.481. The summed E-state index contributed by atoms with van der Waals surface area (Å²) in [7, 11) is -4.24. The van der Waals surface area contributed by atoms with Crippen LogP contribution in [0.1, 0.15) is 34.1 Å². The summed E-state index contributed by atoms with van der Waals surface area (Å²) in [6, 6.07) is 0. The Morgan fingerprint density at radius 1 is 1.06 bits per heavy atom. The Morgan fingerprint density at radius 2 is 1.59 bits per heavy atom. The standard InChI is InChI=1S/C10H22O6S/c1-9(2,11)5-6-15-7-8-16-10(3,4)17(12,13)14/h11H,5-8H2,1-4H3,(H,12,13,14). The van der Waals surface area contributed by atoms with Gasteiger partial charge in [-0.25, -0.2) is 0 Å². The van der Waals surface area contributed by atoms with Crippen LogP contribution in [-0.4, -0.2) is 48.4 Å². The van der Waals surface area contributed by atoms with Crippen LogP contribution in [0.25, 0.3) is 0 Å². The van der Waals surface area contributed by atoms with E-state index in [0.717, 1.165) is 0 Å². The predicted octanol–water partition coefficient (Wildman–Crippen LogP) is 0.805. The van der Waals surface area contributed by atoms with Crippen LogP contribution in [0.4, 0.5) is 0 Å². The van der Waals surface area contributed by atoms with Crippen LogP contribution in [0.3, 0.4) is 0 Å². The highest BCUT2D eigenvalue weighted by atomic mass is 32.2. The van der Waals surface area contributed by atoms with E-state index in [1.54, 1.807) is 13.8 Å². The van der Waals surface area contributed by atoms with Gasteiger partial charge in [0.05, 0.1) is 18.8 Å². The van der Waals surface area contributed by atoms with Gasteiger partial charge in [-0.3, -0.25) is 4.55 Å². The maximum absolute atomic E-state index is 10.9. The van der Waals surface area contributed by atoms with E-state index in [4.69, 9.17) is 14.0 Å². The summed E-state index contributed by atoms with van der Waals surface area (Å²) in [5, 5.41) is 9.39. The molecule has 6 nitrogen and oxygen atoms in total. The zero-order chi connectivity index (χ0) is 13.7. The minimum atomic E-state index is -4.24. The largest absolute Gasteiger partial charge is 0.390 e. The minimum absolute atomic E-state index is 0.0542. The van der Waals surface area contributed by atoms with Gasteiger partial charge in [0.1, 0.15) is 0 Å². The normalized spacial score (nSPS) is 14.0. The Labute approximate surface area is 103 Å². The fraction of sp³-hybridized carbons (Fsp3) is 1.00. The third kappa shape index (κ3) is 7.67. The van der Waals surface area contributed by atoms with Gasteiger partial charge in [-0.2, -0.15) is 8.42 Å². The molecule has 0 aliphatic rings. The van der Waals surface area contributed by atoms with Gasteiger partial charge in [0.2, 0.25) is 0 Å². The van der Waals surface area contributed by atoms with E-state index < -0.39 is 20.7 Å². The van der Waals surface area contributed by atoms with E-state index in [1.165, 1.54) is 13.8 Å². The molecule has 0 aromatic rings. The van der Waals surface area contributed by atoms with E-state index in [9.17, 15) is 13.5 Å². The van der Waals surface area contributed by atoms with Crippen molar-refractivity contribution in [3.8, 4) is 0 Å². The summed E-state index contributed by atoms with van der Waals surface area (Å²) in [5.41, 5.74) is -0.783. The van der Waals surface area contributed by atoms with E-state index >= 15 is 0 Å². The van der Waals surface area contributed by atoms with Crippen molar-refractivity contribution in [2.24, 2.45) is 0 Å². The molecule has 0 spiro atoms. The molecule has 2 N–H and O–H groups in total. The van der Waals surface area contributed by atoms with Crippen LogP contribution in [0.2, 0.25) is 0 Å². The number of hydrogen-bond donors (Lipinski definition) is 2. The molecule has 0 aromatic carbocycles. The third-order valence-corrected chi connectivity index (χ3v) is 3.52. The maximum Gasteiger partial charge on any atom is 0.294 e. The highest BCUT2D eigenvalue weighted by Crippen LogP contribution is 2.16. The first-order valence-electron chi connectivity index (χ1n) is 5.37. The molecule has 104 valence electrons. The summed E-state index contributed by atoms with van der Waals surface area (Å²) < 4.78 is 40.7. The molecule has 0 saturated heterocycles. The van der Waals surface area contributed by atoms with Crippen molar-refractivity contribution in [2.75, 3.05) is 19.8 Å². The Hall–Kier alpha value is -0.210. The molecule has 0 aromatic heterocycles. The molecule has 0 fully saturated rings. The molecule has 0 rings (SSSR count). The van der Waals surface area contributed by atoms with Gasteiger partial charge in [-0.1, -0.05) is 0 Å². The molecule has 17 heavy (non-hydrogen) atoms. The van der Waals surface area contributed by atoms with Crippen LogP contribution < -0.4 is 0 Å². The minimum Gasteiger partial charge on any atom is -0.390 e. The fourth-order valence-electron chi connectivity index (χ4n) is 0.845. The van der Waals surface area contributed by atoms with Crippen LogP contribution in [0.5, 0.6) is 0 Å². The molecule has 0 heterocycles. The second-order valence-corrected chi connectivity index (χ2v) is 6.83. The molecule has 0 aliphatic carbocycles. The Morgan fingerprint density at radius 3 is 2.00 bits per heavy atom. The lowest BCUT2D eigenvalue weighted by Gasteiger charge is -2.22. The molecular weight excluding hydrogens is 248 g/mol. The zero-order valence-electron chi connectivity index (χ0n) is 10.8. The molecule has 0 aliphatic heterocycles. The quantitative estimate of drug-likeness (QED) is 0.500. The second kappa shape index (κ2) is 6.10. The molecule has 7 heteroatoms. The summed E-state index contributed by atoms with van der Waals surface area (Å²) in [4.78, 5) is -1.63. The molecule has 0 radical (unpaired) electrons. The average molecular weight is 270 g/mol. The first-order valence-corrected chi connectivity index (χ1v) is 6.81. The zero-order valence-corrected chi connectivity index (χ0v) is 11.6. The van der Waals surface area contributed by atoms with Crippen LogP contribution in [-0.2, 0) is 19.6 Å². The van der Waals surface area contributed by atoms with Crippen molar-refractivity contribution in [2.45, 2.75) is 44.6 Å². The van der Waals surface area contributed by atoms with Gasteiger partial charge in [0, 0.05) is 6.61 Å². The van der Waals surface area contributed by atoms with E-state index in [0.29, 0.717) is 13.0 Å². The fourth-order valence-corrected chi connectivity index (χ4v) is 1.08. The first-order chi connectivity index (χ1) is 7.46. The van der Waals surface area contributed by atoms with E-state index in [2.05, 4.69) is 0 Å². The number of hydrogen-bond acceptors (Lipinski definition) is 5. The Balaban J connectivity index is 3.73. The van der Waals surface area contributed by atoms with Crippen molar-refractivity contribution in [3.63, 3.8) is 0 Å². The lowest BCUT2D eigenvalue weighted by Crippen LogP contribution is -2.35. The van der Waals surface area contributed by atoms with E-state index in [-0.39, 0.29) is 13.2 Å². The van der Waals surface area contributed by atoms with Gasteiger partial charge < -0.3 is 14.6 Å². The summed E-state index contributed by atoms with van der Waals surface area (Å²) in [5.74, 6) is 0. The van der Waals surface area contributed by atoms with Crippen LogP contribution in [0.15, 0.2) is 0 Å². The van der Waals surface area contributed by atoms with Gasteiger partial charge >= 0.3 is 0 Å². The molecular formula is C10H22O6S. The second-order valence-electron chi connectivity index (χ2n) is 4.90. The van der Waals surface area contributed by atoms with Crippen LogP contribution >= 0.6 is 0 Å². The molecule has 0 atom stereocenters. The van der Waals surface area contributed by atoms with Crippen LogP contribution in [0, 0.1) is 0 Å². The molecule has 0 saturated carbocycles. The Kier molecular flexibility index (Phi) is 6.03. The smallest absolute Gasteiger partial charge is 0.294 e. The third-order valence-electron chi connectivity index (χ3n) is 2.16. The highest BCUT2D eigenvalue weighted by molar-refractivity contribution is 7.87. The monoisotopic (exact) mass is 270 g/mol. The van der Waals surface area contributed by atoms with Crippen molar-refractivity contribution >= 4 is 10.1 Å². The lowest BCUT2D eigenvalue weighted by atomic mass is 10.1. The number of aliphatic hydroxyl groups is 1. The van der Waals surface area contributed by atoms with Gasteiger partial charge in [0.25, 0.3) is 10.1 Å². The van der Waals surface area contributed by atoms with Gasteiger partial charge in [-0.15, -0.1) is 0 Å². The molecule has 0 amide bonds. The molecule has 0 bridgehead atoms. The summed E-state index contributed by atoms with van der Waals surface area (Å²) in [6.45, 7) is 6.49. The number of rotatable bonds is 8. The molecule has 0 unspecified atom stereocenters. The average Bonchev–Trinajstić information content (AvgIpc) is 2.07. The first kappa shape index (κ1) is 16.8. The van der Waals surface area contributed by atoms with Crippen molar-refractivity contribution in [3.05, 3.63) is 0 Å². The Bertz CT molecular complexity index is 314. The van der Waals surface area contributed by atoms with Gasteiger partial charge in [0.15, 0.2) is 4.93 Å². The lowest BCUT2D eigenvalue weighted by molar-refractivity contribution is -0.0200. The van der Waals surface area contributed by atoms with E-state index in [1.807, 2.05) is 0 Å². The number of ether oxygens (including phenoxy) is 2. The highest BCUT2D eigenvalue weighted by Gasteiger charge is 2.33. The van der Waals surface area contributed by atoms with Crippen molar-refractivity contribution < 1.29 is 27.6 Å². The topological polar surface area (TPSA) is 93.1 Å². The maximum atomic E-state index is 10.9. The van der Waals surface area contributed by atoms with Crippen molar-refractivity contribution in [1.29, 1.82) is 0 Å².